The van der Waals surface area contributed by atoms with E-state index in [-0.39, 0.29) is 23.6 Å². The van der Waals surface area contributed by atoms with Gasteiger partial charge in [-0.1, -0.05) is 12.1 Å². The first-order chi connectivity index (χ1) is 12.2. The Morgan fingerprint density at radius 2 is 2.04 bits per heavy atom. The summed E-state index contributed by atoms with van der Waals surface area (Å²) >= 11 is 0. The van der Waals surface area contributed by atoms with Gasteiger partial charge >= 0.3 is 0 Å². The molecule has 8 heteroatoms. The van der Waals surface area contributed by atoms with Crippen LogP contribution < -0.4 is 16.2 Å². The summed E-state index contributed by atoms with van der Waals surface area (Å²) in [5, 5.41) is 9.30. The summed E-state index contributed by atoms with van der Waals surface area (Å²) in [6.07, 6.45) is 1.34. The number of nitriles is 1. The standard InChI is InChI=1S/C17H19N5O3/c18-10-13-15(21-17(20)22-16(13)19)11-3-1-4-12(9-11)23-8-5-14-24-6-2-7-25-14/h1,3-4,9,14H,2,5-8H2,(H4,19,20,21,22). The Bertz CT molecular complexity index is 784. The number of benzene rings is 1. The number of hydrogen-bond donors (Lipinski definition) is 2. The largest absolute Gasteiger partial charge is 0.493 e. The van der Waals surface area contributed by atoms with Gasteiger partial charge in [-0.3, -0.25) is 0 Å². The van der Waals surface area contributed by atoms with Gasteiger partial charge in [0, 0.05) is 12.0 Å². The van der Waals surface area contributed by atoms with Crippen LogP contribution in [-0.4, -0.2) is 36.1 Å². The first-order valence-corrected chi connectivity index (χ1v) is 7.97. The van der Waals surface area contributed by atoms with Gasteiger partial charge in [-0.15, -0.1) is 0 Å². The number of nitrogens with zero attached hydrogens (tertiary/aromatic N) is 3. The molecule has 4 N–H and O–H groups in total. The maximum Gasteiger partial charge on any atom is 0.222 e. The third kappa shape index (κ3) is 4.15. The molecule has 3 rings (SSSR count). The van der Waals surface area contributed by atoms with E-state index in [1.54, 1.807) is 6.07 Å². The smallest absolute Gasteiger partial charge is 0.222 e. The predicted molar refractivity (Wildman–Crippen MR) is 91.4 cm³/mol. The molecule has 130 valence electrons. The molecule has 0 radical (unpaired) electrons. The zero-order chi connectivity index (χ0) is 17.6. The van der Waals surface area contributed by atoms with Crippen molar-refractivity contribution in [1.82, 2.24) is 9.97 Å². The minimum absolute atomic E-state index is 0.0180. The Morgan fingerprint density at radius 3 is 2.80 bits per heavy atom. The molecular weight excluding hydrogens is 322 g/mol. The van der Waals surface area contributed by atoms with Crippen LogP contribution in [0.15, 0.2) is 24.3 Å². The van der Waals surface area contributed by atoms with Gasteiger partial charge in [0.05, 0.1) is 25.5 Å². The van der Waals surface area contributed by atoms with Crippen LogP contribution in [0.2, 0.25) is 0 Å². The van der Waals surface area contributed by atoms with Crippen molar-refractivity contribution < 1.29 is 14.2 Å². The van der Waals surface area contributed by atoms with E-state index in [0.29, 0.717) is 43.2 Å². The maximum absolute atomic E-state index is 9.30. The summed E-state index contributed by atoms with van der Waals surface area (Å²) in [7, 11) is 0. The number of nitrogen functional groups attached to an aromatic ring is 2. The quantitative estimate of drug-likeness (QED) is 0.840. The second kappa shape index (κ2) is 7.79. The van der Waals surface area contributed by atoms with Gasteiger partial charge in [0.1, 0.15) is 23.2 Å². The monoisotopic (exact) mass is 341 g/mol. The van der Waals surface area contributed by atoms with Gasteiger partial charge in [-0.2, -0.15) is 10.2 Å². The summed E-state index contributed by atoms with van der Waals surface area (Å²) in [6.45, 7) is 1.88. The zero-order valence-electron chi connectivity index (χ0n) is 13.6. The SMILES string of the molecule is N#Cc1c(N)nc(N)nc1-c1cccc(OCCC2OCCCO2)c1. The molecule has 25 heavy (non-hydrogen) atoms. The lowest BCUT2D eigenvalue weighted by atomic mass is 10.1. The molecule has 1 aliphatic rings. The van der Waals surface area contributed by atoms with Crippen LogP contribution in [0, 0.1) is 11.3 Å². The topological polar surface area (TPSA) is 129 Å². The number of ether oxygens (including phenoxy) is 3. The van der Waals surface area contributed by atoms with Crippen molar-refractivity contribution in [3.8, 4) is 23.1 Å². The summed E-state index contributed by atoms with van der Waals surface area (Å²) in [5.74, 6) is 0.722. The highest BCUT2D eigenvalue weighted by atomic mass is 16.7. The molecule has 1 aromatic heterocycles. The summed E-state index contributed by atoms with van der Waals surface area (Å²) < 4.78 is 16.7. The van der Waals surface area contributed by atoms with E-state index >= 15 is 0 Å². The lowest BCUT2D eigenvalue weighted by Crippen LogP contribution is -2.26. The van der Waals surface area contributed by atoms with Crippen LogP contribution in [0.1, 0.15) is 18.4 Å². The molecule has 0 bridgehead atoms. The minimum Gasteiger partial charge on any atom is -0.493 e. The summed E-state index contributed by atoms with van der Waals surface area (Å²) in [6, 6.07) is 9.24. The van der Waals surface area contributed by atoms with Crippen molar-refractivity contribution in [3.63, 3.8) is 0 Å². The first kappa shape index (κ1) is 17.0. The van der Waals surface area contributed by atoms with Crippen molar-refractivity contribution in [2.24, 2.45) is 0 Å². The van der Waals surface area contributed by atoms with Gasteiger partial charge in [0.25, 0.3) is 0 Å². The highest BCUT2D eigenvalue weighted by Gasteiger charge is 2.15. The minimum atomic E-state index is -0.219. The second-order valence-electron chi connectivity index (χ2n) is 5.49. The predicted octanol–water partition coefficient (Wildman–Crippen LogP) is 1.71. The van der Waals surface area contributed by atoms with E-state index in [4.69, 9.17) is 25.7 Å². The van der Waals surface area contributed by atoms with Crippen molar-refractivity contribution in [2.45, 2.75) is 19.1 Å². The number of anilines is 2. The normalized spacial score (nSPS) is 14.8. The molecule has 1 aliphatic heterocycles. The van der Waals surface area contributed by atoms with Crippen LogP contribution in [0.25, 0.3) is 11.3 Å². The maximum atomic E-state index is 9.30. The molecule has 0 spiro atoms. The van der Waals surface area contributed by atoms with Gasteiger partial charge in [0.2, 0.25) is 5.95 Å². The molecule has 1 aromatic carbocycles. The lowest BCUT2D eigenvalue weighted by Gasteiger charge is -2.23. The van der Waals surface area contributed by atoms with Crippen molar-refractivity contribution >= 4 is 11.8 Å². The highest BCUT2D eigenvalue weighted by Crippen LogP contribution is 2.28. The van der Waals surface area contributed by atoms with E-state index < -0.39 is 0 Å². The van der Waals surface area contributed by atoms with Gasteiger partial charge in [-0.05, 0) is 18.6 Å². The van der Waals surface area contributed by atoms with Crippen LogP contribution in [0.3, 0.4) is 0 Å². The molecule has 8 nitrogen and oxygen atoms in total. The average molecular weight is 341 g/mol. The lowest BCUT2D eigenvalue weighted by molar-refractivity contribution is -0.183. The molecule has 0 atom stereocenters. The molecule has 2 aromatic rings. The van der Waals surface area contributed by atoms with Crippen LogP contribution >= 0.6 is 0 Å². The highest BCUT2D eigenvalue weighted by molar-refractivity contribution is 5.73. The fourth-order valence-electron chi connectivity index (χ4n) is 2.52. The number of nitrogens with two attached hydrogens (primary N) is 2. The first-order valence-electron chi connectivity index (χ1n) is 7.97. The third-order valence-corrected chi connectivity index (χ3v) is 3.69. The van der Waals surface area contributed by atoms with Crippen molar-refractivity contribution in [1.29, 1.82) is 5.26 Å². The molecular formula is C17H19N5O3. The van der Waals surface area contributed by atoms with E-state index in [1.807, 2.05) is 24.3 Å². The summed E-state index contributed by atoms with van der Waals surface area (Å²) in [4.78, 5) is 7.96. The molecule has 0 aliphatic carbocycles. The summed E-state index contributed by atoms with van der Waals surface area (Å²) in [5.41, 5.74) is 12.7. The Balaban J connectivity index is 1.72. The van der Waals surface area contributed by atoms with Gasteiger partial charge < -0.3 is 25.7 Å². The molecule has 1 fully saturated rings. The fraction of sp³-hybridized carbons (Fsp3) is 0.353. The van der Waals surface area contributed by atoms with E-state index in [9.17, 15) is 5.26 Å². The fourth-order valence-corrected chi connectivity index (χ4v) is 2.52. The Labute approximate surface area is 145 Å². The molecule has 1 saturated heterocycles. The molecule has 2 heterocycles. The Kier molecular flexibility index (Phi) is 5.28. The van der Waals surface area contributed by atoms with Crippen LogP contribution in [-0.2, 0) is 9.47 Å². The van der Waals surface area contributed by atoms with Gasteiger partial charge in [0.15, 0.2) is 6.29 Å². The Hall–Kier alpha value is -2.89. The average Bonchev–Trinajstić information content (AvgIpc) is 2.62. The number of rotatable bonds is 5. The van der Waals surface area contributed by atoms with E-state index in [1.165, 1.54) is 0 Å². The number of hydrogen-bond acceptors (Lipinski definition) is 8. The second-order valence-corrected chi connectivity index (χ2v) is 5.49. The van der Waals surface area contributed by atoms with Crippen molar-refractivity contribution in [3.05, 3.63) is 29.8 Å². The van der Waals surface area contributed by atoms with Gasteiger partial charge in [-0.25, -0.2) is 4.98 Å². The Morgan fingerprint density at radius 1 is 1.24 bits per heavy atom. The van der Waals surface area contributed by atoms with E-state index in [0.717, 1.165) is 6.42 Å². The van der Waals surface area contributed by atoms with Crippen LogP contribution in [0.5, 0.6) is 5.75 Å². The molecule has 0 unspecified atom stereocenters. The molecule has 0 saturated carbocycles. The third-order valence-electron chi connectivity index (χ3n) is 3.69. The zero-order valence-corrected chi connectivity index (χ0v) is 13.6. The van der Waals surface area contributed by atoms with Crippen molar-refractivity contribution in [2.75, 3.05) is 31.3 Å². The number of aromatic nitrogens is 2. The molecule has 0 amide bonds. The van der Waals surface area contributed by atoms with E-state index in [2.05, 4.69) is 9.97 Å². The van der Waals surface area contributed by atoms with Crippen LogP contribution in [0.4, 0.5) is 11.8 Å².